The second-order valence-corrected chi connectivity index (χ2v) is 11.4. The monoisotopic (exact) mass is 593 g/mol. The first-order valence-electron chi connectivity index (χ1n) is 15.4. The van der Waals surface area contributed by atoms with E-state index in [0.29, 0.717) is 13.1 Å². The molecule has 0 aromatic heterocycles. The second kappa shape index (κ2) is 15.6. The molecule has 1 aliphatic rings. The second-order valence-electron chi connectivity index (χ2n) is 11.4. The maximum Gasteiger partial charge on any atom is 0.315 e. The molecule has 1 saturated heterocycles. The summed E-state index contributed by atoms with van der Waals surface area (Å²) in [4.78, 5) is 14.3. The van der Waals surface area contributed by atoms with E-state index in [1.54, 1.807) is 0 Å². The smallest absolute Gasteiger partial charge is 0.315 e. The number of urea groups is 1. The van der Waals surface area contributed by atoms with Crippen LogP contribution in [0.4, 0.5) is 4.79 Å². The molecule has 1 aliphatic heterocycles. The summed E-state index contributed by atoms with van der Waals surface area (Å²) >= 11 is 0. The van der Waals surface area contributed by atoms with Gasteiger partial charge in [0.2, 0.25) is 0 Å². The zero-order valence-electron chi connectivity index (χ0n) is 25.6. The highest BCUT2D eigenvalue weighted by atomic mass is 16.7. The summed E-state index contributed by atoms with van der Waals surface area (Å²) in [5.74, 6) is 0.0702. The normalized spacial score (nSPS) is 19.9. The first-order chi connectivity index (χ1) is 21.5. The SMILES string of the molecule is CCNC(=O)NCc1ccc([C@@H]2O[C@H](CN(Cc3ccccc3)Cc3ccccc3)[C@H](C)[C@H](c3ccc(CO)cc3)O2)cc1. The number of carbonyl (C=O) groups excluding carboxylic acids is 1. The van der Waals surface area contributed by atoms with Gasteiger partial charge in [0.15, 0.2) is 6.29 Å². The van der Waals surface area contributed by atoms with E-state index in [9.17, 15) is 9.90 Å². The lowest BCUT2D eigenvalue weighted by Crippen LogP contribution is -2.44. The molecule has 2 amide bonds. The van der Waals surface area contributed by atoms with Crippen LogP contribution >= 0.6 is 0 Å². The molecule has 0 spiro atoms. The lowest BCUT2D eigenvalue weighted by atomic mass is 9.89. The van der Waals surface area contributed by atoms with Crippen molar-refractivity contribution in [2.24, 2.45) is 5.92 Å². The molecule has 4 aromatic carbocycles. The van der Waals surface area contributed by atoms with Gasteiger partial charge in [-0.1, -0.05) is 116 Å². The molecule has 0 bridgehead atoms. The van der Waals surface area contributed by atoms with Crippen LogP contribution in [0.5, 0.6) is 0 Å². The van der Waals surface area contributed by atoms with E-state index < -0.39 is 6.29 Å². The Labute approximate surface area is 260 Å². The quantitative estimate of drug-likeness (QED) is 0.175. The molecule has 4 atom stereocenters. The highest BCUT2D eigenvalue weighted by molar-refractivity contribution is 5.73. The molecule has 4 aromatic rings. The van der Waals surface area contributed by atoms with E-state index in [1.165, 1.54) is 11.1 Å². The van der Waals surface area contributed by atoms with Crippen LogP contribution in [0.2, 0.25) is 0 Å². The number of hydrogen-bond donors (Lipinski definition) is 3. The number of benzene rings is 4. The van der Waals surface area contributed by atoms with Crippen molar-refractivity contribution >= 4 is 6.03 Å². The maximum atomic E-state index is 11.8. The largest absolute Gasteiger partial charge is 0.392 e. The van der Waals surface area contributed by atoms with Gasteiger partial charge in [-0.25, -0.2) is 4.79 Å². The van der Waals surface area contributed by atoms with Crippen molar-refractivity contribution in [1.82, 2.24) is 15.5 Å². The van der Waals surface area contributed by atoms with Crippen LogP contribution in [0, 0.1) is 5.92 Å². The summed E-state index contributed by atoms with van der Waals surface area (Å²) in [6.07, 6.45) is -0.858. The Hall–Kier alpha value is -4.01. The molecular formula is C37H43N3O4. The minimum absolute atomic E-state index is 0.00492. The Balaban J connectivity index is 1.39. The zero-order chi connectivity index (χ0) is 30.7. The lowest BCUT2D eigenvalue weighted by molar-refractivity contribution is -0.276. The fourth-order valence-corrected chi connectivity index (χ4v) is 5.65. The Kier molecular flexibility index (Phi) is 11.2. The van der Waals surface area contributed by atoms with Gasteiger partial charge in [0.05, 0.1) is 18.8 Å². The van der Waals surface area contributed by atoms with E-state index in [-0.39, 0.29) is 30.8 Å². The number of carbonyl (C=O) groups is 1. The number of aliphatic hydroxyl groups excluding tert-OH is 1. The molecule has 0 unspecified atom stereocenters. The predicted molar refractivity (Wildman–Crippen MR) is 172 cm³/mol. The van der Waals surface area contributed by atoms with Gasteiger partial charge in [0.1, 0.15) is 0 Å². The molecular weight excluding hydrogens is 550 g/mol. The molecule has 230 valence electrons. The van der Waals surface area contributed by atoms with Gasteiger partial charge in [-0.05, 0) is 34.7 Å². The molecule has 5 rings (SSSR count). The number of amides is 2. The number of aliphatic hydroxyl groups is 1. The number of nitrogens with one attached hydrogen (secondary N) is 2. The minimum Gasteiger partial charge on any atom is -0.392 e. The van der Waals surface area contributed by atoms with E-state index in [0.717, 1.165) is 41.9 Å². The summed E-state index contributed by atoms with van der Waals surface area (Å²) in [5, 5.41) is 15.2. The van der Waals surface area contributed by atoms with Crippen LogP contribution in [0.15, 0.2) is 109 Å². The van der Waals surface area contributed by atoms with Gasteiger partial charge in [0.25, 0.3) is 0 Å². The van der Waals surface area contributed by atoms with Crippen LogP contribution in [-0.2, 0) is 35.7 Å². The van der Waals surface area contributed by atoms with Crippen molar-refractivity contribution in [3.8, 4) is 0 Å². The minimum atomic E-state index is -0.556. The van der Waals surface area contributed by atoms with E-state index >= 15 is 0 Å². The number of hydrogen-bond acceptors (Lipinski definition) is 5. The average molecular weight is 594 g/mol. The molecule has 3 N–H and O–H groups in total. The van der Waals surface area contributed by atoms with Crippen molar-refractivity contribution in [3.05, 3.63) is 143 Å². The fourth-order valence-electron chi connectivity index (χ4n) is 5.65. The van der Waals surface area contributed by atoms with Gasteiger partial charge in [-0.2, -0.15) is 0 Å². The highest BCUT2D eigenvalue weighted by Crippen LogP contribution is 2.42. The Morgan fingerprint density at radius 3 is 1.86 bits per heavy atom. The third kappa shape index (κ3) is 8.55. The summed E-state index contributed by atoms with van der Waals surface area (Å²) in [5.41, 5.74) is 6.37. The standard InChI is InChI=1S/C37H43N3O4/c1-3-38-37(42)39-22-28-14-20-33(21-15-28)36-43-34(27(2)35(44-36)32-18-16-31(26-41)17-19-32)25-40(23-29-10-6-4-7-11-29)24-30-12-8-5-9-13-30/h4-21,27,34-36,41H,3,22-26H2,1-2H3,(H2,38,39,42)/t27-,34+,35+,36+/m0/s1. The van der Waals surface area contributed by atoms with Gasteiger partial charge in [-0.3, -0.25) is 4.90 Å². The highest BCUT2D eigenvalue weighted by Gasteiger charge is 2.39. The van der Waals surface area contributed by atoms with Gasteiger partial charge in [0, 0.05) is 44.2 Å². The molecule has 0 aliphatic carbocycles. The van der Waals surface area contributed by atoms with E-state index in [4.69, 9.17) is 9.47 Å². The summed E-state index contributed by atoms with van der Waals surface area (Å²) in [6, 6.07) is 37.0. The zero-order valence-corrected chi connectivity index (χ0v) is 25.6. The van der Waals surface area contributed by atoms with Crippen molar-refractivity contribution in [2.75, 3.05) is 13.1 Å². The fraction of sp³-hybridized carbons (Fsp3) is 0.324. The van der Waals surface area contributed by atoms with Crippen LogP contribution in [0.25, 0.3) is 0 Å². The van der Waals surface area contributed by atoms with E-state index in [2.05, 4.69) is 71.0 Å². The summed E-state index contributed by atoms with van der Waals surface area (Å²) < 4.78 is 13.5. The van der Waals surface area contributed by atoms with Crippen LogP contribution < -0.4 is 10.6 Å². The molecule has 0 radical (unpaired) electrons. The maximum absolute atomic E-state index is 11.8. The number of rotatable bonds is 12. The Bertz CT molecular complexity index is 1390. The summed E-state index contributed by atoms with van der Waals surface area (Å²) in [7, 11) is 0. The lowest BCUT2D eigenvalue weighted by Gasteiger charge is -2.43. The third-order valence-electron chi connectivity index (χ3n) is 8.10. The van der Waals surface area contributed by atoms with Crippen LogP contribution in [-0.4, -0.2) is 35.2 Å². The topological polar surface area (TPSA) is 83.1 Å². The first-order valence-corrected chi connectivity index (χ1v) is 15.4. The Morgan fingerprint density at radius 2 is 1.30 bits per heavy atom. The first kappa shape index (κ1) is 31.4. The molecule has 7 nitrogen and oxygen atoms in total. The van der Waals surface area contributed by atoms with Crippen LogP contribution in [0.3, 0.4) is 0 Å². The van der Waals surface area contributed by atoms with Crippen molar-refractivity contribution in [1.29, 1.82) is 0 Å². The summed E-state index contributed by atoms with van der Waals surface area (Å²) in [6.45, 7) is 7.45. The van der Waals surface area contributed by atoms with Crippen molar-refractivity contribution < 1.29 is 19.4 Å². The molecule has 44 heavy (non-hydrogen) atoms. The van der Waals surface area contributed by atoms with Gasteiger partial charge in [-0.15, -0.1) is 0 Å². The molecule has 1 heterocycles. The molecule has 7 heteroatoms. The van der Waals surface area contributed by atoms with E-state index in [1.807, 2.05) is 67.6 Å². The van der Waals surface area contributed by atoms with Gasteiger partial charge >= 0.3 is 6.03 Å². The molecule has 0 saturated carbocycles. The van der Waals surface area contributed by atoms with Gasteiger partial charge < -0.3 is 25.2 Å². The van der Waals surface area contributed by atoms with Crippen LogP contribution in [0.1, 0.15) is 59.6 Å². The van der Waals surface area contributed by atoms with Crippen molar-refractivity contribution in [2.45, 2.75) is 58.6 Å². The average Bonchev–Trinajstić information content (AvgIpc) is 3.06. The molecule has 1 fully saturated rings. The Morgan fingerprint density at radius 1 is 0.727 bits per heavy atom. The number of ether oxygens (including phenoxy) is 2. The van der Waals surface area contributed by atoms with Crippen molar-refractivity contribution in [3.63, 3.8) is 0 Å². The third-order valence-corrected chi connectivity index (χ3v) is 8.10. The number of nitrogens with zero attached hydrogens (tertiary/aromatic N) is 1. The predicted octanol–water partition coefficient (Wildman–Crippen LogP) is 6.49.